The number of aromatic nitrogens is 4. The Balaban J connectivity index is 1.88. The van der Waals surface area contributed by atoms with Crippen LogP contribution in [0.2, 0.25) is 0 Å². The summed E-state index contributed by atoms with van der Waals surface area (Å²) in [5.41, 5.74) is 2.91. The molecule has 150 valence electrons. The van der Waals surface area contributed by atoms with Gasteiger partial charge in [0.15, 0.2) is 11.5 Å². The number of fused-ring (bicyclic) bond motifs is 1. The van der Waals surface area contributed by atoms with E-state index in [1.54, 1.807) is 27.7 Å². The van der Waals surface area contributed by atoms with Gasteiger partial charge in [-0.2, -0.15) is 5.10 Å². The smallest absolute Gasteiger partial charge is 0.205 e. The van der Waals surface area contributed by atoms with Gasteiger partial charge < -0.3 is 19.1 Å². The number of ether oxygens (including phenoxy) is 3. The summed E-state index contributed by atoms with van der Waals surface area (Å²) in [5, 5.41) is 5.37. The van der Waals surface area contributed by atoms with Gasteiger partial charge in [-0.3, -0.25) is 4.68 Å². The Labute approximate surface area is 165 Å². The summed E-state index contributed by atoms with van der Waals surface area (Å²) >= 11 is 0. The number of aryl methyl sites for hydroxylation is 3. The zero-order chi connectivity index (χ0) is 20.3. The fourth-order valence-corrected chi connectivity index (χ4v) is 3.42. The zero-order valence-electron chi connectivity index (χ0n) is 17.3. The van der Waals surface area contributed by atoms with Crippen molar-refractivity contribution in [2.45, 2.75) is 26.8 Å². The van der Waals surface area contributed by atoms with Crippen molar-refractivity contribution in [1.82, 2.24) is 19.7 Å². The normalized spacial score (nSPS) is 10.9. The van der Waals surface area contributed by atoms with E-state index in [0.29, 0.717) is 22.8 Å². The molecule has 0 N–H and O–H groups in total. The van der Waals surface area contributed by atoms with Gasteiger partial charge in [0.1, 0.15) is 17.7 Å². The first-order valence-corrected chi connectivity index (χ1v) is 9.16. The molecule has 0 amide bonds. The Morgan fingerprint density at radius 2 is 1.75 bits per heavy atom. The van der Waals surface area contributed by atoms with Crippen LogP contribution >= 0.6 is 0 Å². The maximum absolute atomic E-state index is 5.56. The highest BCUT2D eigenvalue weighted by Gasteiger charge is 2.20. The lowest BCUT2D eigenvalue weighted by Crippen LogP contribution is -2.22. The molecule has 28 heavy (non-hydrogen) atoms. The van der Waals surface area contributed by atoms with Gasteiger partial charge in [-0.05, 0) is 32.4 Å². The number of benzene rings is 1. The molecule has 0 bridgehead atoms. The number of methoxy groups -OCH3 is 3. The van der Waals surface area contributed by atoms with E-state index in [1.807, 2.05) is 24.7 Å². The van der Waals surface area contributed by atoms with Gasteiger partial charge in [0.05, 0.1) is 32.4 Å². The second-order valence-corrected chi connectivity index (χ2v) is 6.66. The van der Waals surface area contributed by atoms with Crippen LogP contribution in [-0.2, 0) is 6.54 Å². The molecule has 0 saturated carbocycles. The summed E-state index contributed by atoms with van der Waals surface area (Å²) in [6.45, 7) is 5.76. The molecular weight excluding hydrogens is 358 g/mol. The van der Waals surface area contributed by atoms with E-state index in [4.69, 9.17) is 14.2 Å². The quantitative estimate of drug-likeness (QED) is 0.590. The Hall–Kier alpha value is -3.03. The highest BCUT2D eigenvalue weighted by atomic mass is 16.5. The van der Waals surface area contributed by atoms with Crippen LogP contribution in [0.5, 0.6) is 17.2 Å². The summed E-state index contributed by atoms with van der Waals surface area (Å²) in [5.74, 6) is 2.46. The average Bonchev–Trinajstić information content (AvgIpc) is 3.02. The van der Waals surface area contributed by atoms with Crippen LogP contribution in [0.4, 0.5) is 5.82 Å². The fraction of sp³-hybridized carbons (Fsp3) is 0.450. The molecule has 0 aliphatic heterocycles. The lowest BCUT2D eigenvalue weighted by atomic mass is 10.1. The topological polar surface area (TPSA) is 74.5 Å². The van der Waals surface area contributed by atoms with Crippen molar-refractivity contribution in [3.05, 3.63) is 29.8 Å². The summed E-state index contributed by atoms with van der Waals surface area (Å²) < 4.78 is 18.5. The number of anilines is 1. The van der Waals surface area contributed by atoms with Crippen LogP contribution in [-0.4, -0.2) is 54.7 Å². The predicted molar refractivity (Wildman–Crippen MR) is 109 cm³/mol. The predicted octanol–water partition coefficient (Wildman–Crippen LogP) is 3.00. The van der Waals surface area contributed by atoms with E-state index >= 15 is 0 Å². The minimum atomic E-state index is 0.523. The molecule has 8 nitrogen and oxygen atoms in total. The van der Waals surface area contributed by atoms with Gasteiger partial charge in [0.25, 0.3) is 0 Å². The van der Waals surface area contributed by atoms with E-state index in [1.165, 1.54) is 5.69 Å². The van der Waals surface area contributed by atoms with Gasteiger partial charge in [0, 0.05) is 25.8 Å². The summed E-state index contributed by atoms with van der Waals surface area (Å²) in [7, 11) is 6.80. The van der Waals surface area contributed by atoms with Crippen molar-refractivity contribution in [1.29, 1.82) is 0 Å². The van der Waals surface area contributed by atoms with E-state index in [9.17, 15) is 0 Å². The second kappa shape index (κ2) is 8.33. The minimum Gasteiger partial charge on any atom is -0.493 e. The van der Waals surface area contributed by atoms with Gasteiger partial charge in [-0.15, -0.1) is 0 Å². The first-order valence-electron chi connectivity index (χ1n) is 9.16. The number of rotatable bonds is 8. The van der Waals surface area contributed by atoms with Crippen molar-refractivity contribution in [2.75, 3.05) is 39.8 Å². The van der Waals surface area contributed by atoms with Gasteiger partial charge >= 0.3 is 0 Å². The number of nitrogens with zero attached hydrogens (tertiary/aromatic N) is 5. The second-order valence-electron chi connectivity index (χ2n) is 6.66. The molecule has 1 aromatic carbocycles. The van der Waals surface area contributed by atoms with Gasteiger partial charge in [-0.1, -0.05) is 0 Å². The first kappa shape index (κ1) is 19.7. The lowest BCUT2D eigenvalue weighted by Gasteiger charge is -2.21. The Morgan fingerprint density at radius 1 is 1.00 bits per heavy atom. The van der Waals surface area contributed by atoms with Crippen molar-refractivity contribution in [3.8, 4) is 17.2 Å². The Morgan fingerprint density at radius 3 is 2.36 bits per heavy atom. The third kappa shape index (κ3) is 3.67. The highest BCUT2D eigenvalue weighted by molar-refractivity contribution is 5.96. The molecular formula is C20H27N5O3. The summed E-state index contributed by atoms with van der Waals surface area (Å²) in [6, 6.07) is 3.98. The van der Waals surface area contributed by atoms with E-state index in [-0.39, 0.29) is 0 Å². The molecule has 0 aliphatic carbocycles. The van der Waals surface area contributed by atoms with Gasteiger partial charge in [-0.25, -0.2) is 9.97 Å². The van der Waals surface area contributed by atoms with E-state index in [2.05, 4.69) is 33.0 Å². The molecule has 0 unspecified atom stereocenters. The van der Waals surface area contributed by atoms with Crippen molar-refractivity contribution >= 4 is 16.7 Å². The lowest BCUT2D eigenvalue weighted by molar-refractivity contribution is 0.327. The molecule has 8 heteroatoms. The van der Waals surface area contributed by atoms with Crippen LogP contribution in [0.15, 0.2) is 18.5 Å². The third-order valence-corrected chi connectivity index (χ3v) is 4.74. The summed E-state index contributed by atoms with van der Waals surface area (Å²) in [4.78, 5) is 11.0. The first-order chi connectivity index (χ1) is 13.5. The van der Waals surface area contributed by atoms with Crippen molar-refractivity contribution in [2.24, 2.45) is 0 Å². The van der Waals surface area contributed by atoms with Crippen molar-refractivity contribution in [3.63, 3.8) is 0 Å². The van der Waals surface area contributed by atoms with Crippen LogP contribution in [0.3, 0.4) is 0 Å². The molecule has 0 aliphatic rings. The monoisotopic (exact) mass is 385 g/mol. The third-order valence-electron chi connectivity index (χ3n) is 4.74. The fourth-order valence-electron chi connectivity index (χ4n) is 3.42. The maximum Gasteiger partial charge on any atom is 0.205 e. The molecule has 0 atom stereocenters. The summed E-state index contributed by atoms with van der Waals surface area (Å²) in [6.07, 6.45) is 2.48. The minimum absolute atomic E-state index is 0.523. The van der Waals surface area contributed by atoms with E-state index < -0.39 is 0 Å². The SMILES string of the molecule is COc1cc2c(N(C)CCCn3nc(C)cc3C)ncnc2c(OC)c1OC. The number of hydrogen-bond acceptors (Lipinski definition) is 7. The molecule has 0 fully saturated rings. The van der Waals surface area contributed by atoms with Crippen LogP contribution in [0.25, 0.3) is 10.9 Å². The Bertz CT molecular complexity index is 970. The Kier molecular flexibility index (Phi) is 5.87. The van der Waals surface area contributed by atoms with Gasteiger partial charge in [0.2, 0.25) is 5.75 Å². The van der Waals surface area contributed by atoms with Crippen molar-refractivity contribution < 1.29 is 14.2 Å². The molecule has 2 heterocycles. The van der Waals surface area contributed by atoms with Crippen LogP contribution in [0, 0.1) is 13.8 Å². The van der Waals surface area contributed by atoms with Crippen LogP contribution < -0.4 is 19.1 Å². The molecule has 2 aromatic heterocycles. The van der Waals surface area contributed by atoms with E-state index in [0.717, 1.165) is 36.4 Å². The average molecular weight is 385 g/mol. The van der Waals surface area contributed by atoms with Crippen LogP contribution in [0.1, 0.15) is 17.8 Å². The number of hydrogen-bond donors (Lipinski definition) is 0. The largest absolute Gasteiger partial charge is 0.493 e. The molecule has 3 rings (SSSR count). The highest BCUT2D eigenvalue weighted by Crippen LogP contribution is 2.44. The standard InChI is InChI=1S/C20H27N5O3/c1-13-10-14(2)25(23-13)9-7-8-24(3)20-15-11-16(26-4)18(27-5)19(28-6)17(15)21-12-22-20/h10-12H,7-9H2,1-6H3. The molecule has 0 saturated heterocycles. The maximum atomic E-state index is 5.56. The molecule has 3 aromatic rings. The molecule has 0 spiro atoms. The zero-order valence-corrected chi connectivity index (χ0v) is 17.3. The molecule has 0 radical (unpaired) electrons.